The Morgan fingerprint density at radius 2 is 1.88 bits per heavy atom. The van der Waals surface area contributed by atoms with Gasteiger partial charge in [-0.2, -0.15) is 5.10 Å². The molecule has 128 valence electrons. The molecule has 0 N–H and O–H groups in total. The average molecular weight is 344 g/mol. The molecule has 0 aliphatic heterocycles. The Hall–Kier alpha value is -1.66. The van der Waals surface area contributed by atoms with E-state index in [0.29, 0.717) is 6.04 Å². The van der Waals surface area contributed by atoms with Gasteiger partial charge in [0.05, 0.1) is 19.5 Å². The number of rotatable bonds is 6. The van der Waals surface area contributed by atoms with Gasteiger partial charge in [-0.1, -0.05) is 25.0 Å². The molecule has 1 heterocycles. The second-order valence-electron chi connectivity index (χ2n) is 6.78. The first-order chi connectivity index (χ1) is 11.8. The number of nitrogens with zero attached hydrogens (tertiary/aromatic N) is 4. The van der Waals surface area contributed by atoms with Crippen LogP contribution in [-0.2, 0) is 6.67 Å². The minimum Gasteiger partial charge on any atom is -0.495 e. The zero-order chi connectivity index (χ0) is 16.5. The molecule has 24 heavy (non-hydrogen) atoms. The van der Waals surface area contributed by atoms with Crippen LogP contribution in [0.3, 0.4) is 0 Å². The quantitative estimate of drug-likeness (QED) is 0.747. The van der Waals surface area contributed by atoms with Crippen molar-refractivity contribution in [2.45, 2.75) is 57.3 Å². The SMILES string of the molecule is COc1ccccc1-n1cnn(CN(C2CCCC2)C2CC2)c1=S. The van der Waals surface area contributed by atoms with Crippen LogP contribution in [0.4, 0.5) is 0 Å². The highest BCUT2D eigenvalue weighted by atomic mass is 32.1. The molecule has 4 rings (SSSR count). The largest absolute Gasteiger partial charge is 0.495 e. The molecule has 6 heteroatoms. The highest BCUT2D eigenvalue weighted by Gasteiger charge is 2.35. The summed E-state index contributed by atoms with van der Waals surface area (Å²) in [6, 6.07) is 9.35. The molecule has 2 fully saturated rings. The van der Waals surface area contributed by atoms with Gasteiger partial charge in [0.15, 0.2) is 0 Å². The maximum atomic E-state index is 5.70. The molecule has 2 saturated carbocycles. The molecule has 5 nitrogen and oxygen atoms in total. The van der Waals surface area contributed by atoms with Crippen LogP contribution < -0.4 is 4.74 Å². The van der Waals surface area contributed by atoms with E-state index in [1.54, 1.807) is 13.4 Å². The Labute approximate surface area is 147 Å². The Kier molecular flexibility index (Phi) is 4.41. The summed E-state index contributed by atoms with van der Waals surface area (Å²) in [7, 11) is 1.68. The van der Waals surface area contributed by atoms with Gasteiger partial charge in [0.2, 0.25) is 4.77 Å². The van der Waals surface area contributed by atoms with Gasteiger partial charge >= 0.3 is 0 Å². The van der Waals surface area contributed by atoms with Gasteiger partial charge in [-0.15, -0.1) is 0 Å². The van der Waals surface area contributed by atoms with Crippen molar-refractivity contribution in [1.82, 2.24) is 19.2 Å². The molecular formula is C18H24N4OS. The van der Waals surface area contributed by atoms with Crippen molar-refractivity contribution in [2.24, 2.45) is 0 Å². The summed E-state index contributed by atoms with van der Waals surface area (Å²) < 4.78 is 10.1. The van der Waals surface area contributed by atoms with Crippen LogP contribution in [0.15, 0.2) is 30.6 Å². The number of aromatic nitrogens is 3. The minimum atomic E-state index is 0.704. The Balaban J connectivity index is 1.61. The lowest BCUT2D eigenvalue weighted by atomic mass is 10.2. The predicted molar refractivity (Wildman–Crippen MR) is 96.1 cm³/mol. The lowest BCUT2D eigenvalue weighted by Crippen LogP contribution is -2.37. The monoisotopic (exact) mass is 344 g/mol. The van der Waals surface area contributed by atoms with Crippen molar-refractivity contribution in [3.63, 3.8) is 0 Å². The van der Waals surface area contributed by atoms with Gasteiger partial charge in [0.25, 0.3) is 0 Å². The van der Waals surface area contributed by atoms with E-state index in [9.17, 15) is 0 Å². The zero-order valence-electron chi connectivity index (χ0n) is 14.1. The molecule has 0 spiro atoms. The van der Waals surface area contributed by atoms with Crippen molar-refractivity contribution < 1.29 is 4.74 Å². The van der Waals surface area contributed by atoms with E-state index in [1.807, 2.05) is 33.5 Å². The van der Waals surface area contributed by atoms with E-state index < -0.39 is 0 Å². The number of hydrogen-bond acceptors (Lipinski definition) is 4. The molecule has 1 aromatic heterocycles. The van der Waals surface area contributed by atoms with Crippen molar-refractivity contribution in [3.8, 4) is 11.4 Å². The summed E-state index contributed by atoms with van der Waals surface area (Å²) >= 11 is 5.70. The first kappa shape index (κ1) is 15.8. The minimum absolute atomic E-state index is 0.704. The molecular weight excluding hydrogens is 320 g/mol. The van der Waals surface area contributed by atoms with E-state index in [1.165, 1.54) is 38.5 Å². The van der Waals surface area contributed by atoms with Gasteiger partial charge in [-0.05, 0) is 50.0 Å². The summed E-state index contributed by atoms with van der Waals surface area (Å²) in [6.45, 7) is 0.802. The predicted octanol–water partition coefficient (Wildman–Crippen LogP) is 3.78. The van der Waals surface area contributed by atoms with Crippen LogP contribution in [0.1, 0.15) is 38.5 Å². The van der Waals surface area contributed by atoms with Crippen LogP contribution in [0.5, 0.6) is 5.75 Å². The van der Waals surface area contributed by atoms with Crippen LogP contribution >= 0.6 is 12.2 Å². The first-order valence-corrected chi connectivity index (χ1v) is 9.22. The molecule has 2 aliphatic carbocycles. The summed E-state index contributed by atoms with van der Waals surface area (Å²) in [4.78, 5) is 2.63. The molecule has 0 atom stereocenters. The molecule has 2 aromatic rings. The van der Waals surface area contributed by atoms with Gasteiger partial charge in [0, 0.05) is 12.1 Å². The van der Waals surface area contributed by atoms with Gasteiger partial charge in [-0.3, -0.25) is 9.47 Å². The average Bonchev–Trinajstić information content (AvgIpc) is 3.18. The molecule has 0 radical (unpaired) electrons. The molecule has 1 aromatic carbocycles. The lowest BCUT2D eigenvalue weighted by molar-refractivity contribution is 0.134. The third-order valence-electron chi connectivity index (χ3n) is 5.18. The van der Waals surface area contributed by atoms with E-state index in [-0.39, 0.29) is 0 Å². The number of methoxy groups -OCH3 is 1. The van der Waals surface area contributed by atoms with E-state index in [4.69, 9.17) is 17.0 Å². The van der Waals surface area contributed by atoms with Crippen LogP contribution in [0.2, 0.25) is 0 Å². The normalized spacial score (nSPS) is 18.4. The Morgan fingerprint density at radius 3 is 2.58 bits per heavy atom. The summed E-state index contributed by atoms with van der Waals surface area (Å²) in [5, 5.41) is 4.57. The highest BCUT2D eigenvalue weighted by molar-refractivity contribution is 7.71. The molecule has 0 amide bonds. The van der Waals surface area contributed by atoms with Crippen LogP contribution in [0, 0.1) is 4.77 Å². The van der Waals surface area contributed by atoms with Crippen molar-refractivity contribution in [1.29, 1.82) is 0 Å². The summed E-state index contributed by atoms with van der Waals surface area (Å²) in [5.74, 6) is 0.808. The number of hydrogen-bond donors (Lipinski definition) is 0. The van der Waals surface area contributed by atoms with Crippen molar-refractivity contribution in [2.75, 3.05) is 7.11 Å². The van der Waals surface area contributed by atoms with Gasteiger partial charge in [-0.25, -0.2) is 4.68 Å². The Morgan fingerprint density at radius 1 is 1.17 bits per heavy atom. The smallest absolute Gasteiger partial charge is 0.203 e. The Bertz CT molecular complexity index is 758. The summed E-state index contributed by atoms with van der Waals surface area (Å²) in [6.07, 6.45) is 9.78. The molecule has 0 bridgehead atoms. The lowest BCUT2D eigenvalue weighted by Gasteiger charge is -2.28. The highest BCUT2D eigenvalue weighted by Crippen LogP contribution is 2.34. The fourth-order valence-corrected chi connectivity index (χ4v) is 4.00. The van der Waals surface area contributed by atoms with Gasteiger partial charge < -0.3 is 4.74 Å². The van der Waals surface area contributed by atoms with Gasteiger partial charge in [0.1, 0.15) is 12.1 Å². The number of benzene rings is 1. The topological polar surface area (TPSA) is 35.2 Å². The number of para-hydroxylation sites is 2. The fraction of sp³-hybridized carbons (Fsp3) is 0.556. The van der Waals surface area contributed by atoms with E-state index >= 15 is 0 Å². The first-order valence-electron chi connectivity index (χ1n) is 8.81. The second-order valence-corrected chi connectivity index (χ2v) is 7.15. The van der Waals surface area contributed by atoms with Crippen molar-refractivity contribution >= 4 is 12.2 Å². The second kappa shape index (κ2) is 6.69. The van der Waals surface area contributed by atoms with E-state index in [2.05, 4.69) is 10.00 Å². The maximum Gasteiger partial charge on any atom is 0.203 e. The van der Waals surface area contributed by atoms with Crippen LogP contribution in [0.25, 0.3) is 5.69 Å². The van der Waals surface area contributed by atoms with E-state index in [0.717, 1.165) is 28.9 Å². The third-order valence-corrected chi connectivity index (χ3v) is 5.59. The molecule has 0 unspecified atom stereocenters. The third kappa shape index (κ3) is 3.00. The van der Waals surface area contributed by atoms with Crippen molar-refractivity contribution in [3.05, 3.63) is 35.4 Å². The molecule has 2 aliphatic rings. The summed E-state index contributed by atoms with van der Waals surface area (Å²) in [5.41, 5.74) is 0.940. The van der Waals surface area contributed by atoms with Crippen LogP contribution in [-0.4, -0.2) is 38.4 Å². The fourth-order valence-electron chi connectivity index (χ4n) is 3.75. The zero-order valence-corrected chi connectivity index (χ0v) is 14.9. The number of ether oxygens (including phenoxy) is 1. The standard InChI is InChI=1S/C18H24N4OS/c1-23-17-9-5-4-8-16(17)20-12-19-22(18(20)24)13-21(15-10-11-15)14-6-2-3-7-14/h4-5,8-9,12,14-15H,2-3,6-7,10-11,13H2,1H3. The maximum absolute atomic E-state index is 5.70. The molecule has 0 saturated heterocycles.